The standard InChI is InChI=1S/C19H16N2O3S2/c22-15-9-5-4-6-13(15)12-16-18(24)21(19(25)26-16)11-10-17(23)20-14-7-2-1-3-8-14/h1-9,12,22H,10-11H2,(H,20,23)/b16-12-. The summed E-state index contributed by atoms with van der Waals surface area (Å²) in [6.45, 7) is 0.210. The van der Waals surface area contributed by atoms with E-state index in [0.29, 0.717) is 20.5 Å². The maximum atomic E-state index is 12.5. The molecule has 1 aliphatic rings. The molecule has 1 aliphatic heterocycles. The normalized spacial score (nSPS) is 15.5. The summed E-state index contributed by atoms with van der Waals surface area (Å²) in [5, 5.41) is 12.6. The smallest absolute Gasteiger partial charge is 0.266 e. The average Bonchev–Trinajstić information content (AvgIpc) is 2.89. The quantitative estimate of drug-likeness (QED) is 0.609. The molecule has 0 aliphatic carbocycles. The third kappa shape index (κ3) is 4.30. The molecule has 0 bridgehead atoms. The Labute approximate surface area is 160 Å². The van der Waals surface area contributed by atoms with Crippen molar-refractivity contribution in [2.24, 2.45) is 0 Å². The van der Waals surface area contributed by atoms with Crippen LogP contribution in [0.15, 0.2) is 59.5 Å². The molecule has 0 unspecified atom stereocenters. The number of amides is 2. The fourth-order valence-electron chi connectivity index (χ4n) is 2.40. The number of carbonyl (C=O) groups excluding carboxylic acids is 2. The van der Waals surface area contributed by atoms with Crippen LogP contribution in [0.2, 0.25) is 0 Å². The summed E-state index contributed by atoms with van der Waals surface area (Å²) in [6, 6.07) is 15.9. The van der Waals surface area contributed by atoms with Gasteiger partial charge in [-0.25, -0.2) is 0 Å². The Kier molecular flexibility index (Phi) is 5.70. The number of phenolic OH excluding ortho intramolecular Hbond substituents is 1. The van der Waals surface area contributed by atoms with Gasteiger partial charge >= 0.3 is 0 Å². The maximum Gasteiger partial charge on any atom is 0.266 e. The number of hydrogen-bond acceptors (Lipinski definition) is 5. The Morgan fingerprint density at radius 3 is 2.58 bits per heavy atom. The Hall–Kier alpha value is -2.64. The summed E-state index contributed by atoms with van der Waals surface area (Å²) in [5.74, 6) is -0.342. The van der Waals surface area contributed by atoms with Gasteiger partial charge in [-0.05, 0) is 24.3 Å². The van der Waals surface area contributed by atoms with Crippen molar-refractivity contribution in [2.75, 3.05) is 11.9 Å². The number of benzene rings is 2. The second kappa shape index (κ2) is 8.16. The van der Waals surface area contributed by atoms with Crippen molar-refractivity contribution in [1.29, 1.82) is 0 Å². The summed E-state index contributed by atoms with van der Waals surface area (Å²) in [5.41, 5.74) is 1.26. The van der Waals surface area contributed by atoms with Crippen LogP contribution in [-0.4, -0.2) is 32.7 Å². The second-order valence-corrected chi connectivity index (χ2v) is 7.23. The molecule has 1 saturated heterocycles. The summed E-state index contributed by atoms with van der Waals surface area (Å²) in [6.07, 6.45) is 1.75. The monoisotopic (exact) mass is 384 g/mol. The van der Waals surface area contributed by atoms with Gasteiger partial charge in [-0.2, -0.15) is 0 Å². The van der Waals surface area contributed by atoms with Crippen LogP contribution in [-0.2, 0) is 9.59 Å². The van der Waals surface area contributed by atoms with Crippen molar-refractivity contribution in [1.82, 2.24) is 4.90 Å². The number of rotatable bonds is 5. The van der Waals surface area contributed by atoms with E-state index in [1.54, 1.807) is 42.5 Å². The van der Waals surface area contributed by atoms with Gasteiger partial charge in [0.05, 0.1) is 4.91 Å². The number of thiocarbonyl (C=S) groups is 1. The van der Waals surface area contributed by atoms with Gasteiger partial charge in [-0.1, -0.05) is 60.4 Å². The molecule has 0 atom stereocenters. The van der Waals surface area contributed by atoms with Gasteiger partial charge in [-0.15, -0.1) is 0 Å². The summed E-state index contributed by atoms with van der Waals surface area (Å²) >= 11 is 6.43. The SMILES string of the molecule is O=C(CCN1C(=O)/C(=C/c2ccccc2O)SC1=S)Nc1ccccc1. The van der Waals surface area contributed by atoms with E-state index >= 15 is 0 Å². The molecule has 0 spiro atoms. The molecular weight excluding hydrogens is 368 g/mol. The lowest BCUT2D eigenvalue weighted by Crippen LogP contribution is -2.31. The van der Waals surface area contributed by atoms with E-state index in [0.717, 1.165) is 0 Å². The molecule has 0 radical (unpaired) electrons. The van der Waals surface area contributed by atoms with Crippen LogP contribution in [0.1, 0.15) is 12.0 Å². The molecule has 3 rings (SSSR count). The highest BCUT2D eigenvalue weighted by molar-refractivity contribution is 8.26. The van der Waals surface area contributed by atoms with Crippen LogP contribution in [0.25, 0.3) is 6.08 Å². The topological polar surface area (TPSA) is 69.6 Å². The number of nitrogens with zero attached hydrogens (tertiary/aromatic N) is 1. The van der Waals surface area contributed by atoms with E-state index in [-0.39, 0.29) is 30.5 Å². The molecular formula is C19H16N2O3S2. The molecule has 2 aromatic carbocycles. The minimum absolute atomic E-state index is 0.0972. The first-order valence-electron chi connectivity index (χ1n) is 7.93. The fraction of sp³-hybridized carbons (Fsp3) is 0.105. The van der Waals surface area contributed by atoms with Gasteiger partial charge in [0.1, 0.15) is 10.1 Å². The van der Waals surface area contributed by atoms with Crippen molar-refractivity contribution >= 4 is 51.9 Å². The van der Waals surface area contributed by atoms with Gasteiger partial charge < -0.3 is 10.4 Å². The molecule has 2 amide bonds. The molecule has 2 aromatic rings. The lowest BCUT2D eigenvalue weighted by Gasteiger charge is -2.14. The highest BCUT2D eigenvalue weighted by Gasteiger charge is 2.32. The maximum absolute atomic E-state index is 12.5. The lowest BCUT2D eigenvalue weighted by molar-refractivity contribution is -0.122. The van der Waals surface area contributed by atoms with Crippen molar-refractivity contribution in [3.8, 4) is 5.75 Å². The fourth-order valence-corrected chi connectivity index (χ4v) is 3.70. The molecule has 7 heteroatoms. The number of para-hydroxylation sites is 2. The van der Waals surface area contributed by atoms with Crippen molar-refractivity contribution in [3.05, 3.63) is 65.1 Å². The first kappa shape index (κ1) is 18.2. The molecule has 0 saturated carbocycles. The zero-order valence-electron chi connectivity index (χ0n) is 13.7. The predicted molar refractivity (Wildman–Crippen MR) is 108 cm³/mol. The van der Waals surface area contributed by atoms with Crippen molar-refractivity contribution in [2.45, 2.75) is 6.42 Å². The third-order valence-electron chi connectivity index (χ3n) is 3.72. The van der Waals surface area contributed by atoms with E-state index in [1.165, 1.54) is 16.7 Å². The second-order valence-electron chi connectivity index (χ2n) is 5.56. The Morgan fingerprint density at radius 2 is 1.85 bits per heavy atom. The lowest BCUT2D eigenvalue weighted by atomic mass is 10.2. The minimum atomic E-state index is -0.254. The van der Waals surface area contributed by atoms with Crippen LogP contribution in [0.3, 0.4) is 0 Å². The van der Waals surface area contributed by atoms with Crippen molar-refractivity contribution in [3.63, 3.8) is 0 Å². The number of aromatic hydroxyl groups is 1. The molecule has 5 nitrogen and oxygen atoms in total. The molecule has 0 aromatic heterocycles. The Morgan fingerprint density at radius 1 is 1.15 bits per heavy atom. The third-order valence-corrected chi connectivity index (χ3v) is 5.09. The van der Waals surface area contributed by atoms with Gasteiger partial charge in [0.25, 0.3) is 5.91 Å². The number of phenols is 1. The summed E-state index contributed by atoms with van der Waals surface area (Å²) in [7, 11) is 0. The molecule has 1 heterocycles. The van der Waals surface area contributed by atoms with E-state index < -0.39 is 0 Å². The van der Waals surface area contributed by atoms with Crippen LogP contribution in [0.4, 0.5) is 5.69 Å². The van der Waals surface area contributed by atoms with Gasteiger partial charge in [-0.3, -0.25) is 14.5 Å². The Bertz CT molecular complexity index is 881. The van der Waals surface area contributed by atoms with Gasteiger partial charge in [0.2, 0.25) is 5.91 Å². The minimum Gasteiger partial charge on any atom is -0.507 e. The first-order valence-corrected chi connectivity index (χ1v) is 9.15. The number of thioether (sulfide) groups is 1. The van der Waals surface area contributed by atoms with E-state index in [1.807, 2.05) is 18.2 Å². The number of nitrogens with one attached hydrogen (secondary N) is 1. The number of anilines is 1. The molecule has 2 N–H and O–H groups in total. The van der Waals surface area contributed by atoms with Crippen LogP contribution >= 0.6 is 24.0 Å². The highest BCUT2D eigenvalue weighted by atomic mass is 32.2. The number of carbonyl (C=O) groups is 2. The average molecular weight is 384 g/mol. The molecule has 26 heavy (non-hydrogen) atoms. The largest absolute Gasteiger partial charge is 0.507 e. The zero-order valence-corrected chi connectivity index (χ0v) is 15.3. The zero-order chi connectivity index (χ0) is 18.5. The Balaban J connectivity index is 1.62. The number of hydrogen-bond donors (Lipinski definition) is 2. The first-order chi connectivity index (χ1) is 12.5. The summed E-state index contributed by atoms with van der Waals surface area (Å²) in [4.78, 5) is 26.4. The summed E-state index contributed by atoms with van der Waals surface area (Å²) < 4.78 is 0.407. The predicted octanol–water partition coefficient (Wildman–Crippen LogP) is 3.62. The van der Waals surface area contributed by atoms with Gasteiger partial charge in [0, 0.05) is 24.2 Å². The molecule has 1 fully saturated rings. The van der Waals surface area contributed by atoms with Crippen LogP contribution in [0, 0.1) is 0 Å². The van der Waals surface area contributed by atoms with Crippen LogP contribution in [0.5, 0.6) is 5.75 Å². The van der Waals surface area contributed by atoms with E-state index in [9.17, 15) is 14.7 Å². The van der Waals surface area contributed by atoms with Crippen molar-refractivity contribution < 1.29 is 14.7 Å². The highest BCUT2D eigenvalue weighted by Crippen LogP contribution is 2.34. The van der Waals surface area contributed by atoms with Gasteiger partial charge in [0.15, 0.2) is 0 Å². The van der Waals surface area contributed by atoms with E-state index in [4.69, 9.17) is 12.2 Å². The van der Waals surface area contributed by atoms with E-state index in [2.05, 4.69) is 5.32 Å². The van der Waals surface area contributed by atoms with Crippen LogP contribution < -0.4 is 5.32 Å². The molecule has 132 valence electrons.